The van der Waals surface area contributed by atoms with Crippen LogP contribution in [-0.2, 0) is 14.3 Å². The van der Waals surface area contributed by atoms with E-state index in [2.05, 4.69) is 10.6 Å². The molecule has 4 rings (SSSR count). The van der Waals surface area contributed by atoms with Crippen molar-refractivity contribution in [3.05, 3.63) is 29.8 Å². The molecule has 0 aromatic heterocycles. The normalized spacial score (nSPS) is 28.5. The highest BCUT2D eigenvalue weighted by Crippen LogP contribution is 2.35. The number of methoxy groups -OCH3 is 1. The number of rotatable bonds is 5. The molecule has 0 radical (unpaired) electrons. The first-order chi connectivity index (χ1) is 15.4. The number of nitrogens with zero attached hydrogens (tertiary/aromatic N) is 3. The van der Waals surface area contributed by atoms with Gasteiger partial charge in [0.2, 0.25) is 11.8 Å². The number of fused-ring (bicyclic) bond motifs is 1. The van der Waals surface area contributed by atoms with Gasteiger partial charge < -0.3 is 19.3 Å². The van der Waals surface area contributed by atoms with E-state index in [9.17, 15) is 14.4 Å². The standard InChI is InChI=1S/C21H29N5O5S/c1-24-18-16(20(28)25(2)21(24)29)19(32-12-15(27)26-7-9-31-10-8-26)23-17(22-18)13-5-4-6-14(11-13)30-3/h4-6,11,16-19,22-23H,7-10,12H2,1-3H3. The van der Waals surface area contributed by atoms with Gasteiger partial charge in [-0.25, -0.2) is 4.79 Å². The van der Waals surface area contributed by atoms with Crippen molar-refractivity contribution in [1.82, 2.24) is 25.3 Å². The Bertz CT molecular complexity index is 880. The van der Waals surface area contributed by atoms with Crippen molar-refractivity contribution in [2.24, 2.45) is 5.92 Å². The maximum atomic E-state index is 13.1. The quantitative estimate of drug-likeness (QED) is 0.642. The Labute approximate surface area is 191 Å². The minimum atomic E-state index is -0.535. The first-order valence-electron chi connectivity index (χ1n) is 10.6. The minimum absolute atomic E-state index is 0.0224. The summed E-state index contributed by atoms with van der Waals surface area (Å²) in [5.74, 6) is 0.170. The van der Waals surface area contributed by atoms with E-state index in [-0.39, 0.29) is 35.1 Å². The zero-order valence-electron chi connectivity index (χ0n) is 18.4. The first kappa shape index (κ1) is 22.8. The van der Waals surface area contributed by atoms with E-state index < -0.39 is 12.1 Å². The summed E-state index contributed by atoms with van der Waals surface area (Å²) in [4.78, 5) is 42.9. The van der Waals surface area contributed by atoms with Gasteiger partial charge in [0.05, 0.1) is 49.7 Å². The molecule has 4 unspecified atom stereocenters. The van der Waals surface area contributed by atoms with E-state index in [1.807, 2.05) is 24.3 Å². The van der Waals surface area contributed by atoms with Crippen molar-refractivity contribution >= 4 is 29.6 Å². The highest BCUT2D eigenvalue weighted by molar-refractivity contribution is 8.00. The monoisotopic (exact) mass is 463 g/mol. The molecule has 3 heterocycles. The Hall–Kier alpha value is -2.34. The summed E-state index contributed by atoms with van der Waals surface area (Å²) in [5, 5.41) is 6.51. The van der Waals surface area contributed by atoms with E-state index in [1.165, 1.54) is 18.8 Å². The number of imide groups is 1. The molecule has 0 saturated carbocycles. The number of carbonyl (C=O) groups is 3. The summed E-state index contributed by atoms with van der Waals surface area (Å²) in [5.41, 5.74) is 0.917. The number of thioether (sulfide) groups is 1. The number of amides is 4. The Balaban J connectivity index is 1.56. The molecule has 0 spiro atoms. The van der Waals surface area contributed by atoms with Crippen LogP contribution in [0.5, 0.6) is 5.75 Å². The van der Waals surface area contributed by atoms with Gasteiger partial charge >= 0.3 is 6.03 Å². The van der Waals surface area contributed by atoms with Gasteiger partial charge in [-0.05, 0) is 17.7 Å². The molecule has 174 valence electrons. The van der Waals surface area contributed by atoms with Gasteiger partial charge in [0.25, 0.3) is 0 Å². The Kier molecular flexibility index (Phi) is 6.89. The number of benzene rings is 1. The fraction of sp³-hybridized carbons (Fsp3) is 0.571. The van der Waals surface area contributed by atoms with Crippen molar-refractivity contribution < 1.29 is 23.9 Å². The SMILES string of the molecule is COc1cccc(C2NC(SCC(=O)N3CCOCC3)C3C(=O)N(C)C(=O)N(C)C3N2)c1. The minimum Gasteiger partial charge on any atom is -0.497 e. The number of carbonyl (C=O) groups excluding carboxylic acids is 3. The molecule has 1 aromatic rings. The number of ether oxygens (including phenoxy) is 2. The Morgan fingerprint density at radius 2 is 1.97 bits per heavy atom. The Morgan fingerprint density at radius 3 is 2.69 bits per heavy atom. The third-order valence-corrected chi connectivity index (χ3v) is 7.34. The molecule has 0 aliphatic carbocycles. The molecule has 1 aromatic carbocycles. The van der Waals surface area contributed by atoms with Crippen LogP contribution in [-0.4, -0.2) is 97.3 Å². The molecule has 4 amide bonds. The average molecular weight is 464 g/mol. The van der Waals surface area contributed by atoms with Gasteiger partial charge in [-0.1, -0.05) is 12.1 Å². The largest absolute Gasteiger partial charge is 0.497 e. The molecule has 32 heavy (non-hydrogen) atoms. The third kappa shape index (κ3) is 4.42. The first-order valence-corrected chi connectivity index (χ1v) is 11.6. The van der Waals surface area contributed by atoms with Gasteiger partial charge in [0.1, 0.15) is 5.75 Å². The van der Waals surface area contributed by atoms with Crippen LogP contribution < -0.4 is 15.4 Å². The number of hydrogen-bond donors (Lipinski definition) is 2. The molecule has 2 N–H and O–H groups in total. The van der Waals surface area contributed by atoms with Crippen molar-refractivity contribution in [1.29, 1.82) is 0 Å². The fourth-order valence-electron chi connectivity index (χ4n) is 4.28. The second-order valence-corrected chi connectivity index (χ2v) is 9.16. The van der Waals surface area contributed by atoms with E-state index in [1.54, 1.807) is 24.0 Å². The maximum Gasteiger partial charge on any atom is 0.327 e. The van der Waals surface area contributed by atoms with E-state index in [0.717, 1.165) is 10.5 Å². The predicted molar refractivity (Wildman–Crippen MR) is 119 cm³/mol. The van der Waals surface area contributed by atoms with E-state index in [0.29, 0.717) is 32.1 Å². The number of urea groups is 1. The van der Waals surface area contributed by atoms with Crippen LogP contribution in [0.1, 0.15) is 11.7 Å². The van der Waals surface area contributed by atoms with E-state index in [4.69, 9.17) is 9.47 Å². The van der Waals surface area contributed by atoms with Gasteiger partial charge in [-0.3, -0.25) is 25.1 Å². The summed E-state index contributed by atoms with van der Waals surface area (Å²) in [7, 11) is 4.78. The van der Waals surface area contributed by atoms with Crippen LogP contribution in [0.3, 0.4) is 0 Å². The fourth-order valence-corrected chi connectivity index (χ4v) is 5.49. The highest BCUT2D eigenvalue weighted by Gasteiger charge is 2.51. The average Bonchev–Trinajstić information content (AvgIpc) is 2.84. The summed E-state index contributed by atoms with van der Waals surface area (Å²) in [6.45, 7) is 2.24. The molecule has 4 atom stereocenters. The summed E-state index contributed by atoms with van der Waals surface area (Å²) in [6, 6.07) is 7.25. The molecular weight excluding hydrogens is 434 g/mol. The van der Waals surface area contributed by atoms with Crippen molar-refractivity contribution in [2.45, 2.75) is 17.7 Å². The van der Waals surface area contributed by atoms with Gasteiger partial charge in [0, 0.05) is 27.2 Å². The van der Waals surface area contributed by atoms with Crippen LogP contribution in [0.4, 0.5) is 4.79 Å². The highest BCUT2D eigenvalue weighted by atomic mass is 32.2. The van der Waals surface area contributed by atoms with Crippen LogP contribution in [0, 0.1) is 5.92 Å². The molecule has 10 nitrogen and oxygen atoms in total. The van der Waals surface area contributed by atoms with Crippen LogP contribution >= 0.6 is 11.8 Å². The number of morpholine rings is 1. The van der Waals surface area contributed by atoms with Crippen LogP contribution in [0.15, 0.2) is 24.3 Å². The second kappa shape index (κ2) is 9.65. The van der Waals surface area contributed by atoms with Gasteiger partial charge in [-0.2, -0.15) is 0 Å². The van der Waals surface area contributed by atoms with Gasteiger partial charge in [-0.15, -0.1) is 11.8 Å². The molecule has 3 saturated heterocycles. The summed E-state index contributed by atoms with van der Waals surface area (Å²) < 4.78 is 10.7. The smallest absolute Gasteiger partial charge is 0.327 e. The van der Waals surface area contributed by atoms with E-state index >= 15 is 0 Å². The Morgan fingerprint density at radius 1 is 1.22 bits per heavy atom. The van der Waals surface area contributed by atoms with Gasteiger partial charge in [0.15, 0.2) is 0 Å². The lowest BCUT2D eigenvalue weighted by atomic mass is 9.96. The second-order valence-electron chi connectivity index (χ2n) is 8.03. The molecule has 3 aliphatic rings. The zero-order chi connectivity index (χ0) is 22.8. The third-order valence-electron chi connectivity index (χ3n) is 6.13. The molecule has 3 fully saturated rings. The predicted octanol–water partition coefficient (Wildman–Crippen LogP) is 0.271. The van der Waals surface area contributed by atoms with Crippen molar-refractivity contribution in [3.63, 3.8) is 0 Å². The topological polar surface area (TPSA) is 103 Å². The van der Waals surface area contributed by atoms with Crippen molar-refractivity contribution in [2.75, 3.05) is 53.3 Å². The zero-order valence-corrected chi connectivity index (χ0v) is 19.3. The molecular formula is C21H29N5O5S. The number of nitrogens with one attached hydrogen (secondary N) is 2. The lowest BCUT2D eigenvalue weighted by Gasteiger charge is -2.50. The molecule has 0 bridgehead atoms. The maximum absolute atomic E-state index is 13.1. The molecule has 11 heteroatoms. The van der Waals surface area contributed by atoms with Crippen LogP contribution in [0.2, 0.25) is 0 Å². The van der Waals surface area contributed by atoms with Crippen molar-refractivity contribution in [3.8, 4) is 5.75 Å². The summed E-state index contributed by atoms with van der Waals surface area (Å²) >= 11 is 1.40. The lowest BCUT2D eigenvalue weighted by molar-refractivity contribution is -0.140. The summed E-state index contributed by atoms with van der Waals surface area (Å²) in [6.07, 6.45) is -0.826. The lowest BCUT2D eigenvalue weighted by Crippen LogP contribution is -2.72. The van der Waals surface area contributed by atoms with Crippen LogP contribution in [0.25, 0.3) is 0 Å². The number of hydrogen-bond acceptors (Lipinski definition) is 8. The molecule has 3 aliphatic heterocycles.